The van der Waals surface area contributed by atoms with Gasteiger partial charge in [-0.15, -0.1) is 0 Å². The van der Waals surface area contributed by atoms with Crippen LogP contribution in [-0.2, 0) is 11.3 Å². The molecule has 2 rings (SSSR count). The third-order valence-electron chi connectivity index (χ3n) is 3.53. The van der Waals surface area contributed by atoms with E-state index in [-0.39, 0.29) is 18.8 Å². The summed E-state index contributed by atoms with van der Waals surface area (Å²) in [4.78, 5) is 23.3. The molecule has 3 N–H and O–H groups in total. The Kier molecular flexibility index (Phi) is 6.00. The fourth-order valence-electron chi connectivity index (χ4n) is 2.44. The summed E-state index contributed by atoms with van der Waals surface area (Å²) in [6.07, 6.45) is -0.965. The Labute approximate surface area is 139 Å². The first kappa shape index (κ1) is 17.6. The third kappa shape index (κ3) is 5.15. The molecule has 2 aromatic carbocycles. The SMILES string of the molecule is NC(=O)CN(Cc1ccccc1)CC(O)c1cccc([N+](=O)[O-])c1. The summed E-state index contributed by atoms with van der Waals surface area (Å²) in [6.45, 7) is 0.565. The Morgan fingerprint density at radius 1 is 1.21 bits per heavy atom. The Balaban J connectivity index is 2.11. The second-order valence-electron chi connectivity index (χ2n) is 5.49. The molecule has 0 aromatic heterocycles. The molecule has 0 heterocycles. The molecule has 0 aliphatic heterocycles. The van der Waals surface area contributed by atoms with Gasteiger partial charge in [0.1, 0.15) is 0 Å². The number of carbonyl (C=O) groups is 1. The predicted octanol–water partition coefficient (Wildman–Crippen LogP) is 1.62. The number of nitrogens with zero attached hydrogens (tertiary/aromatic N) is 2. The molecule has 0 aliphatic rings. The first-order valence-corrected chi connectivity index (χ1v) is 7.42. The quantitative estimate of drug-likeness (QED) is 0.565. The summed E-state index contributed by atoms with van der Waals surface area (Å²) in [5.41, 5.74) is 6.59. The average Bonchev–Trinajstić information content (AvgIpc) is 2.55. The van der Waals surface area contributed by atoms with Gasteiger partial charge >= 0.3 is 0 Å². The van der Waals surface area contributed by atoms with E-state index >= 15 is 0 Å². The Bertz CT molecular complexity index is 706. The van der Waals surface area contributed by atoms with E-state index in [4.69, 9.17) is 5.73 Å². The summed E-state index contributed by atoms with van der Waals surface area (Å²) in [5, 5.41) is 21.2. The maximum absolute atomic E-state index is 11.3. The van der Waals surface area contributed by atoms with Crippen LogP contribution in [0, 0.1) is 10.1 Å². The number of nitro groups is 1. The lowest BCUT2D eigenvalue weighted by atomic mass is 10.1. The van der Waals surface area contributed by atoms with E-state index < -0.39 is 16.9 Å². The molecule has 1 atom stereocenters. The number of nitro benzene ring substituents is 1. The average molecular weight is 329 g/mol. The number of amides is 1. The van der Waals surface area contributed by atoms with Crippen molar-refractivity contribution in [2.75, 3.05) is 13.1 Å². The minimum absolute atomic E-state index is 0.0130. The van der Waals surface area contributed by atoms with Gasteiger partial charge in [-0.3, -0.25) is 19.8 Å². The zero-order valence-electron chi connectivity index (χ0n) is 13.0. The van der Waals surface area contributed by atoms with E-state index in [0.717, 1.165) is 5.56 Å². The monoisotopic (exact) mass is 329 g/mol. The van der Waals surface area contributed by atoms with Gasteiger partial charge < -0.3 is 10.8 Å². The number of non-ortho nitro benzene ring substituents is 1. The molecule has 1 amide bonds. The van der Waals surface area contributed by atoms with E-state index in [2.05, 4.69) is 0 Å². The lowest BCUT2D eigenvalue weighted by Gasteiger charge is -2.24. The molecule has 1 unspecified atom stereocenters. The molecule has 0 aliphatic carbocycles. The number of aliphatic hydroxyl groups is 1. The van der Waals surface area contributed by atoms with E-state index in [0.29, 0.717) is 12.1 Å². The molecule has 0 fully saturated rings. The van der Waals surface area contributed by atoms with Crippen LogP contribution in [0.25, 0.3) is 0 Å². The molecule has 7 heteroatoms. The molecule has 126 valence electrons. The van der Waals surface area contributed by atoms with Crippen LogP contribution in [0.2, 0.25) is 0 Å². The second kappa shape index (κ2) is 8.19. The fraction of sp³-hybridized carbons (Fsp3) is 0.235. The smallest absolute Gasteiger partial charge is 0.269 e. The third-order valence-corrected chi connectivity index (χ3v) is 3.53. The summed E-state index contributed by atoms with van der Waals surface area (Å²) in [6, 6.07) is 15.3. The van der Waals surface area contributed by atoms with Crippen molar-refractivity contribution in [2.24, 2.45) is 5.73 Å². The number of nitrogens with two attached hydrogens (primary N) is 1. The molecule has 2 aromatic rings. The van der Waals surface area contributed by atoms with Gasteiger partial charge in [-0.2, -0.15) is 0 Å². The fourth-order valence-corrected chi connectivity index (χ4v) is 2.44. The molecule has 0 radical (unpaired) electrons. The summed E-state index contributed by atoms with van der Waals surface area (Å²) in [7, 11) is 0. The van der Waals surface area contributed by atoms with E-state index in [1.54, 1.807) is 11.0 Å². The highest BCUT2D eigenvalue weighted by Gasteiger charge is 2.17. The van der Waals surface area contributed by atoms with E-state index in [1.807, 2.05) is 30.3 Å². The normalized spacial score (nSPS) is 12.1. The molecular weight excluding hydrogens is 310 g/mol. The minimum Gasteiger partial charge on any atom is -0.387 e. The van der Waals surface area contributed by atoms with Crippen LogP contribution >= 0.6 is 0 Å². The molecule has 0 saturated carbocycles. The van der Waals surface area contributed by atoms with Gasteiger partial charge in [0.2, 0.25) is 5.91 Å². The first-order valence-electron chi connectivity index (χ1n) is 7.42. The van der Waals surface area contributed by atoms with Gasteiger partial charge in [0.15, 0.2) is 0 Å². The first-order chi connectivity index (χ1) is 11.5. The number of primary amides is 1. The molecule has 24 heavy (non-hydrogen) atoms. The summed E-state index contributed by atoms with van der Waals surface area (Å²) < 4.78 is 0. The van der Waals surface area contributed by atoms with Crippen LogP contribution in [-0.4, -0.2) is 33.9 Å². The Hall–Kier alpha value is -2.77. The van der Waals surface area contributed by atoms with Gasteiger partial charge in [0, 0.05) is 25.2 Å². The maximum atomic E-state index is 11.3. The van der Waals surface area contributed by atoms with Gasteiger partial charge in [0.25, 0.3) is 5.69 Å². The van der Waals surface area contributed by atoms with Gasteiger partial charge in [-0.1, -0.05) is 42.5 Å². The van der Waals surface area contributed by atoms with Crippen molar-refractivity contribution in [1.82, 2.24) is 4.90 Å². The van der Waals surface area contributed by atoms with Crippen LogP contribution in [0.4, 0.5) is 5.69 Å². The van der Waals surface area contributed by atoms with Gasteiger partial charge in [-0.05, 0) is 11.1 Å². The molecular formula is C17H19N3O4. The lowest BCUT2D eigenvalue weighted by molar-refractivity contribution is -0.385. The highest BCUT2D eigenvalue weighted by molar-refractivity contribution is 5.75. The highest BCUT2D eigenvalue weighted by Crippen LogP contribution is 2.20. The van der Waals surface area contributed by atoms with Crippen LogP contribution in [0.15, 0.2) is 54.6 Å². The topological polar surface area (TPSA) is 110 Å². The molecule has 0 saturated heterocycles. The van der Waals surface area contributed by atoms with E-state index in [1.165, 1.54) is 18.2 Å². The zero-order chi connectivity index (χ0) is 17.5. The molecule has 0 bridgehead atoms. The number of carbonyl (C=O) groups excluding carboxylic acids is 1. The van der Waals surface area contributed by atoms with Crippen LogP contribution in [0.1, 0.15) is 17.2 Å². The zero-order valence-corrected chi connectivity index (χ0v) is 13.0. The van der Waals surface area contributed by atoms with Crippen molar-refractivity contribution in [3.63, 3.8) is 0 Å². The summed E-state index contributed by atoms with van der Waals surface area (Å²) >= 11 is 0. The molecule has 0 spiro atoms. The molecule has 7 nitrogen and oxygen atoms in total. The maximum Gasteiger partial charge on any atom is 0.269 e. The van der Waals surface area contributed by atoms with Crippen LogP contribution < -0.4 is 5.73 Å². The summed E-state index contributed by atoms with van der Waals surface area (Å²) in [5.74, 6) is -0.503. The van der Waals surface area contributed by atoms with Crippen molar-refractivity contribution in [1.29, 1.82) is 0 Å². The van der Waals surface area contributed by atoms with Crippen molar-refractivity contribution in [3.8, 4) is 0 Å². The number of rotatable bonds is 8. The number of aliphatic hydroxyl groups excluding tert-OH is 1. The highest BCUT2D eigenvalue weighted by atomic mass is 16.6. The lowest BCUT2D eigenvalue weighted by Crippen LogP contribution is -2.36. The Morgan fingerprint density at radius 3 is 2.54 bits per heavy atom. The predicted molar refractivity (Wildman–Crippen MR) is 89.0 cm³/mol. The van der Waals surface area contributed by atoms with E-state index in [9.17, 15) is 20.0 Å². The number of hydrogen-bond acceptors (Lipinski definition) is 5. The van der Waals surface area contributed by atoms with Crippen molar-refractivity contribution >= 4 is 11.6 Å². The standard InChI is InChI=1S/C17H19N3O4/c18-17(22)12-19(10-13-5-2-1-3-6-13)11-16(21)14-7-4-8-15(9-14)20(23)24/h1-9,16,21H,10-12H2,(H2,18,22). The Morgan fingerprint density at radius 2 is 1.92 bits per heavy atom. The van der Waals surface area contributed by atoms with Crippen molar-refractivity contribution < 1.29 is 14.8 Å². The number of hydrogen-bond donors (Lipinski definition) is 2. The van der Waals surface area contributed by atoms with Crippen LogP contribution in [0.3, 0.4) is 0 Å². The van der Waals surface area contributed by atoms with Gasteiger partial charge in [0.05, 0.1) is 17.6 Å². The van der Waals surface area contributed by atoms with Gasteiger partial charge in [-0.25, -0.2) is 0 Å². The second-order valence-corrected chi connectivity index (χ2v) is 5.49. The number of benzene rings is 2. The largest absolute Gasteiger partial charge is 0.387 e. The van der Waals surface area contributed by atoms with Crippen LogP contribution in [0.5, 0.6) is 0 Å². The van der Waals surface area contributed by atoms with Crippen molar-refractivity contribution in [3.05, 3.63) is 75.8 Å². The van der Waals surface area contributed by atoms with Crippen molar-refractivity contribution in [2.45, 2.75) is 12.6 Å². The minimum atomic E-state index is -0.965.